The highest BCUT2D eigenvalue weighted by Gasteiger charge is 2.21. The molecule has 0 fully saturated rings. The highest BCUT2D eigenvalue weighted by atomic mass is 32.2. The maximum Gasteiger partial charge on any atom is 0.231 e. The molecule has 0 unspecified atom stereocenters. The molecule has 2 aromatic heterocycles. The fraction of sp³-hybridized carbons (Fsp3) is 0.269. The van der Waals surface area contributed by atoms with Crippen molar-refractivity contribution in [1.82, 2.24) is 24.8 Å². The van der Waals surface area contributed by atoms with Gasteiger partial charge in [-0.15, -0.1) is 0 Å². The Morgan fingerprint density at radius 3 is 2.71 bits per heavy atom. The van der Waals surface area contributed by atoms with E-state index in [1.54, 1.807) is 0 Å². The van der Waals surface area contributed by atoms with E-state index in [0.29, 0.717) is 28.9 Å². The Labute approximate surface area is 208 Å². The van der Waals surface area contributed by atoms with Crippen LogP contribution in [0.15, 0.2) is 58.8 Å². The lowest BCUT2D eigenvalue weighted by atomic mass is 10.1. The average Bonchev–Trinajstić information content (AvgIpc) is 3.45. The molecule has 0 saturated carbocycles. The third-order valence-electron chi connectivity index (χ3n) is 5.43. The number of nitrogens with one attached hydrogen (secondary N) is 1. The van der Waals surface area contributed by atoms with Gasteiger partial charge in [-0.05, 0) is 31.2 Å². The van der Waals surface area contributed by atoms with Crippen molar-refractivity contribution in [2.45, 2.75) is 42.9 Å². The summed E-state index contributed by atoms with van der Waals surface area (Å²) in [5.74, 6) is 8.30. The van der Waals surface area contributed by atoms with Crippen molar-refractivity contribution >= 4 is 28.7 Å². The Kier molecular flexibility index (Phi) is 6.75. The predicted octanol–water partition coefficient (Wildman–Crippen LogP) is 4.08. The first-order valence-corrected chi connectivity index (χ1v) is 12.3. The zero-order chi connectivity index (χ0) is 24.2. The standard InChI is InChI=1S/C26H26N6O2S/c1-17(2)28-11-6-12-32-25-23(24(27)29-15-30-25)31-26(32)35-22-14-21-20(33-16-34-21)13-19(22)10-9-18-7-4-3-5-8-18/h3-5,7-8,13-15,17,28H,6,11-12,16H2,1-2H3,(H2,27,29,30). The van der Waals surface area contributed by atoms with Crippen LogP contribution in [-0.2, 0) is 6.54 Å². The smallest absolute Gasteiger partial charge is 0.231 e. The van der Waals surface area contributed by atoms with Gasteiger partial charge in [-0.25, -0.2) is 15.0 Å². The molecule has 178 valence electrons. The first-order chi connectivity index (χ1) is 17.1. The number of fused-ring (bicyclic) bond motifs is 2. The van der Waals surface area contributed by atoms with Crippen molar-refractivity contribution in [1.29, 1.82) is 0 Å². The maximum atomic E-state index is 6.13. The van der Waals surface area contributed by atoms with Gasteiger partial charge in [-0.1, -0.05) is 55.6 Å². The molecule has 8 nitrogen and oxygen atoms in total. The molecule has 2 aromatic carbocycles. The van der Waals surface area contributed by atoms with Crippen LogP contribution in [0.3, 0.4) is 0 Å². The van der Waals surface area contributed by atoms with Gasteiger partial charge in [0.1, 0.15) is 6.33 Å². The summed E-state index contributed by atoms with van der Waals surface area (Å²) in [5.41, 5.74) is 9.23. The Morgan fingerprint density at radius 1 is 1.11 bits per heavy atom. The molecule has 5 rings (SSSR count). The van der Waals surface area contributed by atoms with Gasteiger partial charge in [-0.2, -0.15) is 0 Å². The number of imidazole rings is 1. The lowest BCUT2D eigenvalue weighted by Gasteiger charge is -2.11. The van der Waals surface area contributed by atoms with E-state index in [2.05, 4.69) is 45.5 Å². The second kappa shape index (κ2) is 10.3. The second-order valence-corrected chi connectivity index (χ2v) is 9.37. The lowest BCUT2D eigenvalue weighted by molar-refractivity contribution is 0.174. The van der Waals surface area contributed by atoms with Crippen molar-refractivity contribution in [3.8, 4) is 23.3 Å². The van der Waals surface area contributed by atoms with E-state index in [9.17, 15) is 0 Å². The number of hydrogen-bond acceptors (Lipinski definition) is 8. The first-order valence-electron chi connectivity index (χ1n) is 11.5. The molecule has 4 aromatic rings. The SMILES string of the molecule is CC(C)NCCCn1c(Sc2cc3c(cc2C#Cc2ccccc2)OCO3)nc2c(N)ncnc21. The van der Waals surface area contributed by atoms with Crippen LogP contribution in [0.1, 0.15) is 31.4 Å². The van der Waals surface area contributed by atoms with Crippen LogP contribution in [0.5, 0.6) is 11.5 Å². The number of rotatable bonds is 7. The molecule has 3 N–H and O–H groups in total. The van der Waals surface area contributed by atoms with Crippen molar-refractivity contribution < 1.29 is 9.47 Å². The third-order valence-corrected chi connectivity index (χ3v) is 6.48. The molecule has 1 aliphatic heterocycles. The summed E-state index contributed by atoms with van der Waals surface area (Å²) in [5, 5.41) is 4.24. The number of aromatic nitrogens is 4. The monoisotopic (exact) mass is 486 g/mol. The summed E-state index contributed by atoms with van der Waals surface area (Å²) < 4.78 is 13.3. The van der Waals surface area contributed by atoms with Gasteiger partial charge in [0, 0.05) is 34.7 Å². The highest BCUT2D eigenvalue weighted by molar-refractivity contribution is 7.99. The number of nitrogens with zero attached hydrogens (tertiary/aromatic N) is 4. The Bertz CT molecular complexity index is 1410. The molecule has 35 heavy (non-hydrogen) atoms. The topological polar surface area (TPSA) is 100 Å². The molecule has 3 heterocycles. The van der Waals surface area contributed by atoms with Gasteiger partial charge in [0.05, 0.1) is 0 Å². The molecule has 0 bridgehead atoms. The molecule has 0 amide bonds. The zero-order valence-electron chi connectivity index (χ0n) is 19.6. The highest BCUT2D eigenvalue weighted by Crippen LogP contribution is 2.41. The summed E-state index contributed by atoms with van der Waals surface area (Å²) >= 11 is 1.51. The van der Waals surface area contributed by atoms with E-state index in [-0.39, 0.29) is 6.79 Å². The van der Waals surface area contributed by atoms with E-state index in [1.807, 2.05) is 42.5 Å². The van der Waals surface area contributed by atoms with Gasteiger partial charge < -0.3 is 25.1 Å². The third kappa shape index (κ3) is 5.19. The minimum Gasteiger partial charge on any atom is -0.454 e. The molecule has 0 atom stereocenters. The van der Waals surface area contributed by atoms with Crippen LogP contribution >= 0.6 is 11.8 Å². The van der Waals surface area contributed by atoms with E-state index in [0.717, 1.165) is 46.3 Å². The number of anilines is 1. The quantitative estimate of drug-likeness (QED) is 0.298. The zero-order valence-corrected chi connectivity index (χ0v) is 20.4. The molecule has 0 radical (unpaired) electrons. The van der Waals surface area contributed by atoms with Crippen molar-refractivity contribution in [2.24, 2.45) is 0 Å². The Hall–Kier alpha value is -3.74. The van der Waals surface area contributed by atoms with Gasteiger partial charge in [0.15, 0.2) is 33.6 Å². The van der Waals surface area contributed by atoms with Crippen molar-refractivity contribution in [3.63, 3.8) is 0 Å². The van der Waals surface area contributed by atoms with Crippen LogP contribution in [0.25, 0.3) is 11.2 Å². The summed E-state index contributed by atoms with van der Waals surface area (Å²) in [6.45, 7) is 6.10. The first kappa shape index (κ1) is 23.0. The molecule has 0 saturated heterocycles. The molecule has 1 aliphatic rings. The molecule has 0 aliphatic carbocycles. The molecular formula is C26H26N6O2S. The summed E-state index contributed by atoms with van der Waals surface area (Å²) in [6, 6.07) is 14.2. The fourth-order valence-corrected chi connectivity index (χ4v) is 4.71. The van der Waals surface area contributed by atoms with Crippen LogP contribution in [-0.4, -0.2) is 38.9 Å². The van der Waals surface area contributed by atoms with E-state index >= 15 is 0 Å². The summed E-state index contributed by atoms with van der Waals surface area (Å²) in [6.07, 6.45) is 2.40. The van der Waals surface area contributed by atoms with E-state index in [4.69, 9.17) is 20.2 Å². The Balaban J connectivity index is 1.52. The predicted molar refractivity (Wildman–Crippen MR) is 137 cm³/mol. The number of benzene rings is 2. The van der Waals surface area contributed by atoms with E-state index < -0.39 is 0 Å². The number of nitrogens with two attached hydrogens (primary N) is 1. The number of aryl methyl sites for hydroxylation is 1. The second-order valence-electron chi connectivity index (χ2n) is 8.36. The molecular weight excluding hydrogens is 460 g/mol. The Morgan fingerprint density at radius 2 is 1.91 bits per heavy atom. The van der Waals surface area contributed by atoms with Gasteiger partial charge in [0.25, 0.3) is 0 Å². The van der Waals surface area contributed by atoms with E-state index in [1.165, 1.54) is 18.1 Å². The van der Waals surface area contributed by atoms with Crippen molar-refractivity contribution in [2.75, 3.05) is 19.1 Å². The average molecular weight is 487 g/mol. The van der Waals surface area contributed by atoms with Gasteiger partial charge in [0.2, 0.25) is 6.79 Å². The lowest BCUT2D eigenvalue weighted by Crippen LogP contribution is -2.24. The number of nitrogen functional groups attached to an aromatic ring is 1. The van der Waals surface area contributed by atoms with Crippen LogP contribution in [0.4, 0.5) is 5.82 Å². The fourth-order valence-electron chi connectivity index (χ4n) is 3.71. The summed E-state index contributed by atoms with van der Waals surface area (Å²) in [4.78, 5) is 14.3. The molecule has 9 heteroatoms. The number of ether oxygens (including phenoxy) is 2. The van der Waals surface area contributed by atoms with Crippen LogP contribution in [0.2, 0.25) is 0 Å². The normalized spacial score (nSPS) is 12.2. The molecule has 0 spiro atoms. The van der Waals surface area contributed by atoms with Gasteiger partial charge >= 0.3 is 0 Å². The largest absolute Gasteiger partial charge is 0.454 e. The summed E-state index contributed by atoms with van der Waals surface area (Å²) in [7, 11) is 0. The van der Waals surface area contributed by atoms with Crippen molar-refractivity contribution in [3.05, 3.63) is 59.9 Å². The van der Waals surface area contributed by atoms with Crippen LogP contribution < -0.4 is 20.5 Å². The maximum absolute atomic E-state index is 6.13. The van der Waals surface area contributed by atoms with Crippen LogP contribution in [0, 0.1) is 11.8 Å². The minimum atomic E-state index is 0.197. The van der Waals surface area contributed by atoms with Gasteiger partial charge in [-0.3, -0.25) is 0 Å². The minimum absolute atomic E-state index is 0.197. The number of hydrogen-bond donors (Lipinski definition) is 2.